The molecule has 14 heavy (non-hydrogen) atoms. The van der Waals surface area contributed by atoms with Gasteiger partial charge in [0.05, 0.1) is 0 Å². The molecule has 0 radical (unpaired) electrons. The minimum absolute atomic E-state index is 0.0824. The number of amides is 1. The Morgan fingerprint density at radius 1 is 1.71 bits per heavy atom. The number of carbonyl (C=O) groups is 1. The first-order chi connectivity index (χ1) is 6.49. The SMILES string of the molecule is CCC(C)N(C)C(=O)C1CC1[N+](=O)[O-]. The molecule has 1 aliphatic rings. The molecule has 5 heteroatoms. The van der Waals surface area contributed by atoms with Crippen molar-refractivity contribution in [2.24, 2.45) is 5.92 Å². The summed E-state index contributed by atoms with van der Waals surface area (Å²) in [6.07, 6.45) is 1.28. The van der Waals surface area contributed by atoms with Gasteiger partial charge in [0.25, 0.3) is 0 Å². The molecular weight excluding hydrogens is 184 g/mol. The highest BCUT2D eigenvalue weighted by molar-refractivity contribution is 5.82. The first kappa shape index (κ1) is 10.9. The Hall–Kier alpha value is -1.13. The number of rotatable bonds is 4. The highest BCUT2D eigenvalue weighted by Gasteiger charge is 2.54. The molecule has 3 atom stereocenters. The fraction of sp³-hybridized carbons (Fsp3) is 0.889. The topological polar surface area (TPSA) is 63.5 Å². The van der Waals surface area contributed by atoms with Gasteiger partial charge in [-0.05, 0) is 13.3 Å². The molecule has 0 N–H and O–H groups in total. The summed E-state index contributed by atoms with van der Waals surface area (Å²) in [5.74, 6) is -0.454. The van der Waals surface area contributed by atoms with Crippen LogP contribution in [0.5, 0.6) is 0 Å². The van der Waals surface area contributed by atoms with E-state index in [1.807, 2.05) is 13.8 Å². The number of hydrogen-bond acceptors (Lipinski definition) is 3. The van der Waals surface area contributed by atoms with Crippen LogP contribution in [0.3, 0.4) is 0 Å². The van der Waals surface area contributed by atoms with Crippen molar-refractivity contribution in [3.8, 4) is 0 Å². The van der Waals surface area contributed by atoms with Crippen molar-refractivity contribution in [3.63, 3.8) is 0 Å². The van der Waals surface area contributed by atoms with Crippen molar-refractivity contribution >= 4 is 5.91 Å². The summed E-state index contributed by atoms with van der Waals surface area (Å²) in [6, 6.07) is -0.468. The molecule has 1 rings (SSSR count). The van der Waals surface area contributed by atoms with Crippen molar-refractivity contribution in [1.29, 1.82) is 0 Å². The zero-order chi connectivity index (χ0) is 10.9. The van der Waals surface area contributed by atoms with Gasteiger partial charge in [-0.2, -0.15) is 0 Å². The van der Waals surface area contributed by atoms with Crippen LogP contribution in [0, 0.1) is 16.0 Å². The lowest BCUT2D eigenvalue weighted by molar-refractivity contribution is -0.497. The van der Waals surface area contributed by atoms with Crippen LogP contribution in [0.15, 0.2) is 0 Å². The zero-order valence-corrected chi connectivity index (χ0v) is 8.77. The van der Waals surface area contributed by atoms with E-state index in [0.29, 0.717) is 6.42 Å². The molecule has 0 aromatic heterocycles. The number of nitro groups is 1. The van der Waals surface area contributed by atoms with Gasteiger partial charge >= 0.3 is 0 Å². The standard InChI is InChI=1S/C9H16N2O3/c1-4-6(2)10(3)9(12)7-5-8(7)11(13)14/h6-8H,4-5H2,1-3H3. The predicted octanol–water partition coefficient (Wildman–Crippen LogP) is 0.909. The van der Waals surface area contributed by atoms with Gasteiger partial charge in [-0.25, -0.2) is 0 Å². The Balaban J connectivity index is 2.48. The highest BCUT2D eigenvalue weighted by Crippen LogP contribution is 2.34. The third-order valence-electron chi connectivity index (χ3n) is 2.94. The number of nitrogens with zero attached hydrogens (tertiary/aromatic N) is 2. The molecule has 3 unspecified atom stereocenters. The lowest BCUT2D eigenvalue weighted by atomic mass is 10.2. The minimum Gasteiger partial charge on any atom is -0.343 e. The Morgan fingerprint density at radius 3 is 2.64 bits per heavy atom. The van der Waals surface area contributed by atoms with Crippen LogP contribution in [0.4, 0.5) is 0 Å². The Kier molecular flexibility index (Phi) is 3.08. The van der Waals surface area contributed by atoms with Gasteiger partial charge in [-0.15, -0.1) is 0 Å². The zero-order valence-electron chi connectivity index (χ0n) is 8.77. The lowest BCUT2D eigenvalue weighted by Gasteiger charge is -2.23. The summed E-state index contributed by atoms with van der Waals surface area (Å²) >= 11 is 0. The molecule has 0 aromatic carbocycles. The maximum absolute atomic E-state index is 11.6. The quantitative estimate of drug-likeness (QED) is 0.500. The van der Waals surface area contributed by atoms with E-state index < -0.39 is 6.04 Å². The summed E-state index contributed by atoms with van der Waals surface area (Å²) in [5, 5.41) is 10.4. The Bertz CT molecular complexity index is 254. The molecule has 5 nitrogen and oxygen atoms in total. The van der Waals surface area contributed by atoms with Gasteiger partial charge in [-0.1, -0.05) is 6.92 Å². The summed E-state index contributed by atoms with van der Waals surface area (Å²) in [5.41, 5.74) is 0. The van der Waals surface area contributed by atoms with E-state index in [9.17, 15) is 14.9 Å². The van der Waals surface area contributed by atoms with Gasteiger partial charge in [-0.3, -0.25) is 14.9 Å². The molecule has 0 spiro atoms. The summed E-state index contributed by atoms with van der Waals surface area (Å²) in [7, 11) is 1.71. The van der Waals surface area contributed by atoms with E-state index in [1.165, 1.54) is 0 Å². The largest absolute Gasteiger partial charge is 0.343 e. The minimum atomic E-state index is -0.631. The molecule has 80 valence electrons. The van der Waals surface area contributed by atoms with Gasteiger partial charge in [0, 0.05) is 24.4 Å². The van der Waals surface area contributed by atoms with Crippen LogP contribution in [0.25, 0.3) is 0 Å². The highest BCUT2D eigenvalue weighted by atomic mass is 16.6. The van der Waals surface area contributed by atoms with Crippen molar-refractivity contribution < 1.29 is 9.72 Å². The van der Waals surface area contributed by atoms with E-state index in [-0.39, 0.29) is 22.8 Å². The maximum atomic E-state index is 11.6. The molecule has 1 aliphatic carbocycles. The summed E-state index contributed by atoms with van der Waals surface area (Å²) in [6.45, 7) is 3.94. The molecule has 0 bridgehead atoms. The summed E-state index contributed by atoms with van der Waals surface area (Å²) < 4.78 is 0. The first-order valence-corrected chi connectivity index (χ1v) is 4.89. The van der Waals surface area contributed by atoms with Crippen molar-refractivity contribution in [3.05, 3.63) is 10.1 Å². The van der Waals surface area contributed by atoms with Gasteiger partial charge in [0.15, 0.2) is 0 Å². The van der Waals surface area contributed by atoms with Crippen LogP contribution in [0.1, 0.15) is 26.7 Å². The van der Waals surface area contributed by atoms with Gasteiger partial charge in [0.2, 0.25) is 11.9 Å². The summed E-state index contributed by atoms with van der Waals surface area (Å²) in [4.78, 5) is 23.3. The number of carbonyl (C=O) groups excluding carboxylic acids is 1. The van der Waals surface area contributed by atoms with Gasteiger partial charge < -0.3 is 4.90 Å². The fourth-order valence-corrected chi connectivity index (χ4v) is 1.43. The molecule has 0 aromatic rings. The molecule has 0 heterocycles. The van der Waals surface area contributed by atoms with E-state index in [2.05, 4.69) is 0 Å². The smallest absolute Gasteiger partial charge is 0.232 e. The van der Waals surface area contributed by atoms with E-state index in [4.69, 9.17) is 0 Å². The predicted molar refractivity (Wildman–Crippen MR) is 51.4 cm³/mol. The number of hydrogen-bond donors (Lipinski definition) is 0. The molecule has 1 saturated carbocycles. The lowest BCUT2D eigenvalue weighted by Crippen LogP contribution is -2.36. The van der Waals surface area contributed by atoms with Crippen LogP contribution in [-0.2, 0) is 4.79 Å². The van der Waals surface area contributed by atoms with Crippen LogP contribution in [-0.4, -0.2) is 34.9 Å². The van der Waals surface area contributed by atoms with Crippen LogP contribution in [0.2, 0.25) is 0 Å². The van der Waals surface area contributed by atoms with E-state index in [0.717, 1.165) is 6.42 Å². The monoisotopic (exact) mass is 200 g/mol. The van der Waals surface area contributed by atoms with E-state index >= 15 is 0 Å². The molecule has 1 fully saturated rings. The van der Waals surface area contributed by atoms with Gasteiger partial charge in [0.1, 0.15) is 5.92 Å². The average Bonchev–Trinajstić information content (AvgIpc) is 2.93. The molecular formula is C9H16N2O3. The Labute approximate surface area is 83.2 Å². The Morgan fingerprint density at radius 2 is 2.29 bits per heavy atom. The molecule has 0 saturated heterocycles. The van der Waals surface area contributed by atoms with Crippen LogP contribution < -0.4 is 0 Å². The third-order valence-corrected chi connectivity index (χ3v) is 2.94. The maximum Gasteiger partial charge on any atom is 0.232 e. The molecule has 1 amide bonds. The third kappa shape index (κ3) is 2.02. The van der Waals surface area contributed by atoms with Crippen LogP contribution >= 0.6 is 0 Å². The fourth-order valence-electron chi connectivity index (χ4n) is 1.43. The average molecular weight is 200 g/mol. The van der Waals surface area contributed by atoms with Crippen molar-refractivity contribution in [2.45, 2.75) is 38.8 Å². The second-order valence-corrected chi connectivity index (χ2v) is 3.90. The van der Waals surface area contributed by atoms with Crippen molar-refractivity contribution in [1.82, 2.24) is 4.90 Å². The van der Waals surface area contributed by atoms with E-state index in [1.54, 1.807) is 11.9 Å². The normalized spacial score (nSPS) is 26.8. The first-order valence-electron chi connectivity index (χ1n) is 4.89. The molecule has 0 aliphatic heterocycles. The second kappa shape index (κ2) is 3.94. The van der Waals surface area contributed by atoms with Crippen molar-refractivity contribution in [2.75, 3.05) is 7.05 Å². The second-order valence-electron chi connectivity index (χ2n) is 3.90.